The van der Waals surface area contributed by atoms with Crippen LogP contribution in [0, 0.1) is 37.3 Å². The zero-order valence-electron chi connectivity index (χ0n) is 19.2. The Balaban J connectivity index is 1.77. The van der Waals surface area contributed by atoms with Gasteiger partial charge in [-0.05, 0) is 42.3 Å². The van der Waals surface area contributed by atoms with Crippen LogP contribution >= 0.6 is 0 Å². The molecule has 37 heavy (non-hydrogen) atoms. The van der Waals surface area contributed by atoms with E-state index in [4.69, 9.17) is 9.73 Å². The average Bonchev–Trinajstić information content (AvgIpc) is 3.18. The summed E-state index contributed by atoms with van der Waals surface area (Å²) in [4.78, 5) is 37.6. The lowest BCUT2D eigenvalue weighted by Gasteiger charge is -2.11. The maximum Gasteiger partial charge on any atom is 0.284 e. The number of fused-ring (bicyclic) bond motifs is 3. The third-order valence-electron chi connectivity index (χ3n) is 5.91. The van der Waals surface area contributed by atoms with Crippen LogP contribution in [0.4, 0.5) is 22.7 Å². The molecule has 0 radical (unpaired) electrons. The molecule has 1 aliphatic rings. The van der Waals surface area contributed by atoms with E-state index in [9.17, 15) is 30.3 Å². The molecule has 1 aliphatic carbocycles. The van der Waals surface area contributed by atoms with Crippen LogP contribution in [-0.4, -0.2) is 20.5 Å². The van der Waals surface area contributed by atoms with Crippen LogP contribution in [-0.2, 0) is 0 Å². The summed E-state index contributed by atoms with van der Waals surface area (Å²) in [6.45, 7) is 1.88. The van der Waals surface area contributed by atoms with Gasteiger partial charge in [-0.2, -0.15) is 0 Å². The fourth-order valence-electron chi connectivity index (χ4n) is 4.20. The minimum absolute atomic E-state index is 0.108. The highest BCUT2D eigenvalue weighted by Gasteiger charge is 2.36. The number of aryl methyl sites for hydroxylation is 1. The van der Waals surface area contributed by atoms with Crippen molar-refractivity contribution < 1.29 is 19.5 Å². The van der Waals surface area contributed by atoms with Gasteiger partial charge in [0.05, 0.1) is 32.1 Å². The standard InChI is InChI=1S/C26H16N4O7/c1-15-6-2-4-8-23(15)37-24-9-5-3-7-21(24)27-26-19-12-16(28(31)32)10-11-18(19)25-20(26)13-17(29(33)34)14-22(25)30(35)36/h2-14H,1H3. The number of ether oxygens (including phenoxy) is 1. The van der Waals surface area contributed by atoms with Crippen molar-refractivity contribution in [2.75, 3.05) is 0 Å². The Bertz CT molecular complexity index is 1660. The number of non-ortho nitro benzene ring substituents is 2. The normalized spacial score (nSPS) is 12.6. The average molecular weight is 496 g/mol. The summed E-state index contributed by atoms with van der Waals surface area (Å²) >= 11 is 0. The van der Waals surface area contributed by atoms with E-state index in [1.54, 1.807) is 30.3 Å². The number of para-hydroxylation sites is 3. The van der Waals surface area contributed by atoms with Gasteiger partial charge in [-0.1, -0.05) is 30.3 Å². The van der Waals surface area contributed by atoms with Gasteiger partial charge in [0.15, 0.2) is 5.75 Å². The molecule has 0 heterocycles. The summed E-state index contributed by atoms with van der Waals surface area (Å²) in [5, 5.41) is 35.0. The highest BCUT2D eigenvalue weighted by molar-refractivity contribution is 6.27. The van der Waals surface area contributed by atoms with Gasteiger partial charge in [-0.25, -0.2) is 4.99 Å². The van der Waals surface area contributed by atoms with Crippen molar-refractivity contribution in [2.24, 2.45) is 4.99 Å². The Kier molecular flexibility index (Phi) is 5.65. The van der Waals surface area contributed by atoms with E-state index in [0.29, 0.717) is 22.7 Å². The van der Waals surface area contributed by atoms with Crippen LogP contribution < -0.4 is 4.74 Å². The van der Waals surface area contributed by atoms with Crippen molar-refractivity contribution in [1.82, 2.24) is 0 Å². The van der Waals surface area contributed by atoms with E-state index in [0.717, 1.165) is 11.6 Å². The van der Waals surface area contributed by atoms with Crippen LogP contribution in [0.15, 0.2) is 83.9 Å². The number of hydrogen-bond acceptors (Lipinski definition) is 8. The van der Waals surface area contributed by atoms with Crippen molar-refractivity contribution in [3.05, 3.63) is 126 Å². The molecule has 0 unspecified atom stereocenters. The molecule has 0 amide bonds. The van der Waals surface area contributed by atoms with Gasteiger partial charge in [0.25, 0.3) is 17.1 Å². The Morgan fingerprint density at radius 2 is 1.32 bits per heavy atom. The van der Waals surface area contributed by atoms with E-state index in [1.807, 2.05) is 25.1 Å². The van der Waals surface area contributed by atoms with Gasteiger partial charge in [0, 0.05) is 29.3 Å². The monoisotopic (exact) mass is 496 g/mol. The fourth-order valence-corrected chi connectivity index (χ4v) is 4.20. The van der Waals surface area contributed by atoms with Crippen LogP contribution in [0.2, 0.25) is 0 Å². The van der Waals surface area contributed by atoms with Crippen molar-refractivity contribution in [3.8, 4) is 22.6 Å². The molecule has 0 saturated heterocycles. The molecule has 0 bridgehead atoms. The molecule has 5 rings (SSSR count). The smallest absolute Gasteiger partial charge is 0.284 e. The first kappa shape index (κ1) is 23.3. The minimum Gasteiger partial charge on any atom is -0.455 e. The van der Waals surface area contributed by atoms with Crippen molar-refractivity contribution in [3.63, 3.8) is 0 Å². The lowest BCUT2D eigenvalue weighted by molar-refractivity contribution is -0.393. The number of nitrogens with zero attached hydrogens (tertiary/aromatic N) is 4. The molecule has 0 atom stereocenters. The van der Waals surface area contributed by atoms with Crippen molar-refractivity contribution in [2.45, 2.75) is 6.92 Å². The van der Waals surface area contributed by atoms with E-state index in [1.165, 1.54) is 24.3 Å². The third kappa shape index (κ3) is 4.14. The summed E-state index contributed by atoms with van der Waals surface area (Å²) in [7, 11) is 0. The number of nitro groups is 3. The third-order valence-corrected chi connectivity index (χ3v) is 5.91. The lowest BCUT2D eigenvalue weighted by atomic mass is 10.0. The SMILES string of the molecule is Cc1ccccc1Oc1ccccc1N=C1c2cc([N+](=O)[O-])ccc2-c2c1cc([N+](=O)[O-])cc2[N+](=O)[O-]. The second-order valence-corrected chi connectivity index (χ2v) is 8.18. The van der Waals surface area contributed by atoms with Gasteiger partial charge in [-0.15, -0.1) is 0 Å². The predicted molar refractivity (Wildman–Crippen MR) is 135 cm³/mol. The largest absolute Gasteiger partial charge is 0.455 e. The second kappa shape index (κ2) is 8.96. The van der Waals surface area contributed by atoms with Crippen molar-refractivity contribution >= 4 is 28.5 Å². The van der Waals surface area contributed by atoms with Gasteiger partial charge in [0.1, 0.15) is 11.4 Å². The molecule has 0 N–H and O–H groups in total. The van der Waals surface area contributed by atoms with Crippen molar-refractivity contribution in [1.29, 1.82) is 0 Å². The molecular weight excluding hydrogens is 480 g/mol. The number of nitro benzene ring substituents is 3. The topological polar surface area (TPSA) is 151 Å². The Hall–Kier alpha value is -5.45. The summed E-state index contributed by atoms with van der Waals surface area (Å²) < 4.78 is 6.08. The highest BCUT2D eigenvalue weighted by atomic mass is 16.6. The number of rotatable bonds is 6. The number of aliphatic imine (C=N–C) groups is 1. The van der Waals surface area contributed by atoms with Crippen LogP contribution in [0.1, 0.15) is 16.7 Å². The van der Waals surface area contributed by atoms with Crippen LogP contribution in [0.3, 0.4) is 0 Å². The second-order valence-electron chi connectivity index (χ2n) is 8.18. The van der Waals surface area contributed by atoms with Gasteiger partial charge in [-0.3, -0.25) is 30.3 Å². The molecule has 0 fully saturated rings. The highest BCUT2D eigenvalue weighted by Crippen LogP contribution is 2.47. The Labute approximate surface area is 208 Å². The first-order valence-electron chi connectivity index (χ1n) is 10.9. The zero-order chi connectivity index (χ0) is 26.3. The van der Waals surface area contributed by atoms with Gasteiger partial charge in [0.2, 0.25) is 0 Å². The van der Waals surface area contributed by atoms with Gasteiger partial charge >= 0.3 is 0 Å². The molecule has 0 aromatic heterocycles. The lowest BCUT2D eigenvalue weighted by Crippen LogP contribution is -2.02. The summed E-state index contributed by atoms with van der Waals surface area (Å²) in [5.74, 6) is 0.953. The molecule has 4 aromatic carbocycles. The minimum atomic E-state index is -0.731. The molecule has 11 heteroatoms. The maximum absolute atomic E-state index is 11.9. The van der Waals surface area contributed by atoms with E-state index in [2.05, 4.69) is 0 Å². The molecule has 182 valence electrons. The zero-order valence-corrected chi connectivity index (χ0v) is 19.2. The first-order valence-corrected chi connectivity index (χ1v) is 10.9. The first-order chi connectivity index (χ1) is 17.7. The van der Waals surface area contributed by atoms with Crippen LogP contribution in [0.5, 0.6) is 11.5 Å². The van der Waals surface area contributed by atoms with E-state index >= 15 is 0 Å². The quantitative estimate of drug-likeness (QED) is 0.188. The molecule has 11 nitrogen and oxygen atoms in total. The molecule has 0 saturated carbocycles. The Morgan fingerprint density at radius 3 is 2.00 bits per heavy atom. The maximum atomic E-state index is 11.9. The van der Waals surface area contributed by atoms with E-state index < -0.39 is 26.1 Å². The van der Waals surface area contributed by atoms with Gasteiger partial charge < -0.3 is 4.74 Å². The van der Waals surface area contributed by atoms with Crippen LogP contribution in [0.25, 0.3) is 11.1 Å². The molecule has 0 aliphatic heterocycles. The number of hydrogen-bond donors (Lipinski definition) is 0. The predicted octanol–water partition coefficient (Wildman–Crippen LogP) is 6.66. The molecular formula is C26H16N4O7. The molecule has 4 aromatic rings. The summed E-state index contributed by atoms with van der Waals surface area (Å²) in [5.41, 5.74) is 0.903. The number of benzene rings is 4. The fraction of sp³-hybridized carbons (Fsp3) is 0.0385. The Morgan fingerprint density at radius 1 is 0.676 bits per heavy atom. The summed E-state index contributed by atoms with van der Waals surface area (Å²) in [6.07, 6.45) is 0. The van der Waals surface area contributed by atoms with E-state index in [-0.39, 0.29) is 28.1 Å². The summed E-state index contributed by atoms with van der Waals surface area (Å²) in [6, 6.07) is 20.1. The molecule has 0 spiro atoms.